The molecule has 3 aromatic carbocycles. The van der Waals surface area contributed by atoms with Crippen molar-refractivity contribution >= 4 is 35.7 Å². The first-order chi connectivity index (χ1) is 14.7. The molecule has 0 bridgehead atoms. The van der Waals surface area contributed by atoms with Gasteiger partial charge in [-0.3, -0.25) is 0 Å². The van der Waals surface area contributed by atoms with Gasteiger partial charge >= 0.3 is 0 Å². The van der Waals surface area contributed by atoms with E-state index in [4.69, 9.17) is 9.47 Å². The van der Waals surface area contributed by atoms with E-state index in [9.17, 15) is 0 Å². The minimum absolute atomic E-state index is 0.830. The Bertz CT molecular complexity index is 974. The summed E-state index contributed by atoms with van der Waals surface area (Å²) in [6, 6.07) is 20.6. The zero-order valence-electron chi connectivity index (χ0n) is 17.9. The predicted octanol–water partition coefficient (Wildman–Crippen LogP) is 6.13. The maximum absolute atomic E-state index is 5.43. The lowest BCUT2D eigenvalue weighted by molar-refractivity contribution is 0.416. The van der Waals surface area contributed by atoms with Crippen molar-refractivity contribution in [3.05, 3.63) is 82.9 Å². The van der Waals surface area contributed by atoms with E-state index in [0.717, 1.165) is 45.1 Å². The van der Waals surface area contributed by atoms with Gasteiger partial charge in [-0.25, -0.2) is 0 Å². The molecule has 3 aromatic rings. The number of hydrogen-bond acceptors (Lipinski definition) is 4. The zero-order valence-corrected chi connectivity index (χ0v) is 17.9. The molecule has 0 heterocycles. The molecule has 0 unspecified atom stereocenters. The van der Waals surface area contributed by atoms with E-state index in [1.807, 2.05) is 38.4 Å². The Morgan fingerprint density at radius 3 is 1.33 bits per heavy atom. The molecule has 3 rings (SSSR count). The zero-order chi connectivity index (χ0) is 21.3. The van der Waals surface area contributed by atoms with Crippen molar-refractivity contribution < 1.29 is 9.47 Å². The maximum Gasteiger partial charge on any atom is 0.142 e. The van der Waals surface area contributed by atoms with Crippen LogP contribution in [-0.4, -0.2) is 28.3 Å². The van der Waals surface area contributed by atoms with Gasteiger partial charge in [0, 0.05) is 14.1 Å². The molecule has 2 N–H and O–H groups in total. The molecule has 0 saturated carbocycles. The van der Waals surface area contributed by atoms with Gasteiger partial charge < -0.3 is 20.1 Å². The Morgan fingerprint density at radius 1 is 0.567 bits per heavy atom. The summed E-state index contributed by atoms with van der Waals surface area (Å²) in [7, 11) is 7.14. The third-order valence-corrected chi connectivity index (χ3v) is 4.84. The van der Waals surface area contributed by atoms with Crippen LogP contribution < -0.4 is 20.1 Å². The molecule has 0 aliphatic carbocycles. The van der Waals surface area contributed by atoms with Crippen LogP contribution in [0.1, 0.15) is 22.3 Å². The summed E-state index contributed by atoms with van der Waals surface area (Å²) in [4.78, 5) is 0. The molecule has 0 fully saturated rings. The molecule has 30 heavy (non-hydrogen) atoms. The highest BCUT2D eigenvalue weighted by Crippen LogP contribution is 2.27. The fraction of sp³-hybridized carbons (Fsp3) is 0.154. The number of rotatable bonds is 8. The van der Waals surface area contributed by atoms with E-state index < -0.39 is 0 Å². The van der Waals surface area contributed by atoms with Crippen LogP contribution in [0.2, 0.25) is 0 Å². The highest BCUT2D eigenvalue weighted by Gasteiger charge is 2.02. The number of anilines is 2. The van der Waals surface area contributed by atoms with Crippen LogP contribution in [0, 0.1) is 0 Å². The lowest BCUT2D eigenvalue weighted by Gasteiger charge is -2.08. The largest absolute Gasteiger partial charge is 0.495 e. The molecule has 0 spiro atoms. The van der Waals surface area contributed by atoms with Gasteiger partial charge in [0.05, 0.1) is 25.6 Å². The lowest BCUT2D eigenvalue weighted by atomic mass is 10.1. The molecule has 154 valence electrons. The normalized spacial score (nSPS) is 11.1. The Morgan fingerprint density at radius 2 is 0.967 bits per heavy atom. The Hall–Kier alpha value is -3.66. The van der Waals surface area contributed by atoms with Gasteiger partial charge in [0.25, 0.3) is 0 Å². The van der Waals surface area contributed by atoms with Crippen molar-refractivity contribution in [2.24, 2.45) is 0 Å². The van der Waals surface area contributed by atoms with Gasteiger partial charge in [-0.15, -0.1) is 0 Å². The van der Waals surface area contributed by atoms with Gasteiger partial charge in [-0.1, -0.05) is 54.6 Å². The first kappa shape index (κ1) is 21.1. The summed E-state index contributed by atoms with van der Waals surface area (Å²) in [6.07, 6.45) is 8.39. The monoisotopic (exact) mass is 400 g/mol. The third kappa shape index (κ3) is 5.23. The maximum atomic E-state index is 5.43. The van der Waals surface area contributed by atoms with Crippen LogP contribution in [0.5, 0.6) is 11.5 Å². The smallest absolute Gasteiger partial charge is 0.142 e. The van der Waals surface area contributed by atoms with Crippen LogP contribution in [0.3, 0.4) is 0 Å². The van der Waals surface area contributed by atoms with Crippen molar-refractivity contribution in [2.45, 2.75) is 0 Å². The standard InChI is InChI=1S/C26H28N2O2/c1-27-23-14-12-21(17-25(23)29-3)10-8-19-6-5-7-20(16-19)9-11-22-13-15-24(28-2)26(18-22)30-4/h5-18,27-28H,1-4H3/b10-8+,11-9+. The number of ether oxygens (including phenoxy) is 2. The third-order valence-electron chi connectivity index (χ3n) is 4.84. The molecule has 0 amide bonds. The Kier molecular flexibility index (Phi) is 7.17. The highest BCUT2D eigenvalue weighted by atomic mass is 16.5. The first-order valence-electron chi connectivity index (χ1n) is 9.84. The van der Waals surface area contributed by atoms with E-state index in [-0.39, 0.29) is 0 Å². The molecule has 4 nitrogen and oxygen atoms in total. The van der Waals surface area contributed by atoms with E-state index in [2.05, 4.69) is 71.3 Å². The lowest BCUT2D eigenvalue weighted by Crippen LogP contribution is -1.93. The number of methoxy groups -OCH3 is 2. The van der Waals surface area contributed by atoms with Crippen LogP contribution in [-0.2, 0) is 0 Å². The Balaban J connectivity index is 1.76. The second-order valence-corrected chi connectivity index (χ2v) is 6.76. The fourth-order valence-electron chi connectivity index (χ4n) is 3.19. The van der Waals surface area contributed by atoms with E-state index in [0.29, 0.717) is 0 Å². The Labute approximate surface area is 178 Å². The van der Waals surface area contributed by atoms with Crippen LogP contribution in [0.25, 0.3) is 24.3 Å². The van der Waals surface area contributed by atoms with Crippen LogP contribution >= 0.6 is 0 Å². The second-order valence-electron chi connectivity index (χ2n) is 6.76. The van der Waals surface area contributed by atoms with Gasteiger partial charge in [0.1, 0.15) is 11.5 Å². The highest BCUT2D eigenvalue weighted by molar-refractivity contribution is 5.76. The molecule has 0 atom stereocenters. The topological polar surface area (TPSA) is 42.5 Å². The quantitative estimate of drug-likeness (QED) is 0.447. The first-order valence-corrected chi connectivity index (χ1v) is 9.84. The van der Waals surface area contributed by atoms with Crippen LogP contribution in [0.15, 0.2) is 60.7 Å². The van der Waals surface area contributed by atoms with Gasteiger partial charge in [0.15, 0.2) is 0 Å². The van der Waals surface area contributed by atoms with Crippen LogP contribution in [0.4, 0.5) is 11.4 Å². The molecule has 0 aliphatic heterocycles. The van der Waals surface area contributed by atoms with E-state index in [1.165, 1.54) is 0 Å². The summed E-state index contributed by atoms with van der Waals surface area (Å²) < 4.78 is 10.9. The molecule has 0 aromatic heterocycles. The van der Waals surface area contributed by atoms with Gasteiger partial charge in [0.2, 0.25) is 0 Å². The summed E-state index contributed by atoms with van der Waals surface area (Å²) in [5.41, 5.74) is 6.39. The van der Waals surface area contributed by atoms with Gasteiger partial charge in [-0.2, -0.15) is 0 Å². The molecule has 0 saturated heterocycles. The summed E-state index contributed by atoms with van der Waals surface area (Å²) in [5, 5.41) is 6.26. The fourth-order valence-corrected chi connectivity index (χ4v) is 3.19. The second kappa shape index (κ2) is 10.2. The van der Waals surface area contributed by atoms with E-state index in [1.54, 1.807) is 14.2 Å². The minimum atomic E-state index is 0.830. The van der Waals surface area contributed by atoms with Crippen molar-refractivity contribution in [3.8, 4) is 11.5 Å². The number of nitrogens with one attached hydrogen (secondary N) is 2. The van der Waals surface area contributed by atoms with Crippen molar-refractivity contribution in [1.29, 1.82) is 0 Å². The number of benzene rings is 3. The van der Waals surface area contributed by atoms with Crippen molar-refractivity contribution in [3.63, 3.8) is 0 Å². The van der Waals surface area contributed by atoms with Crippen molar-refractivity contribution in [2.75, 3.05) is 38.9 Å². The van der Waals surface area contributed by atoms with Gasteiger partial charge in [-0.05, 0) is 52.6 Å². The summed E-state index contributed by atoms with van der Waals surface area (Å²) >= 11 is 0. The SMILES string of the molecule is CNc1ccc(/C=C/c2cccc(/C=C/c3ccc(NC)c(OC)c3)c2)cc1OC. The molecular weight excluding hydrogens is 372 g/mol. The van der Waals surface area contributed by atoms with Crippen molar-refractivity contribution in [1.82, 2.24) is 0 Å². The number of hydrogen-bond donors (Lipinski definition) is 2. The molecule has 4 heteroatoms. The van der Waals surface area contributed by atoms with E-state index >= 15 is 0 Å². The summed E-state index contributed by atoms with van der Waals surface area (Å²) in [6.45, 7) is 0. The predicted molar refractivity (Wildman–Crippen MR) is 129 cm³/mol. The minimum Gasteiger partial charge on any atom is -0.495 e. The summed E-state index contributed by atoms with van der Waals surface area (Å²) in [5.74, 6) is 1.66. The molecule has 0 aliphatic rings. The molecule has 0 radical (unpaired) electrons. The average Bonchev–Trinajstić information content (AvgIpc) is 2.81. The average molecular weight is 401 g/mol. The molecular formula is C26H28N2O2.